The molecular formula is C30H27ClN2O. The van der Waals surface area contributed by atoms with Crippen LogP contribution in [-0.4, -0.2) is 16.2 Å². The molecule has 0 aliphatic heterocycles. The first-order valence-electron chi connectivity index (χ1n) is 11.6. The molecule has 0 aliphatic carbocycles. The Balaban J connectivity index is 1.36. The number of fused-ring (bicyclic) bond motifs is 1. The summed E-state index contributed by atoms with van der Waals surface area (Å²) in [6, 6.07) is 31.5. The van der Waals surface area contributed by atoms with E-state index in [-0.39, 0.29) is 0 Å². The first kappa shape index (κ1) is 22.2. The minimum Gasteiger partial charge on any atom is -0.492 e. The lowest BCUT2D eigenvalue weighted by molar-refractivity contribution is 0.298. The van der Waals surface area contributed by atoms with Gasteiger partial charge in [-0.3, -0.25) is 0 Å². The van der Waals surface area contributed by atoms with Crippen molar-refractivity contribution in [3.05, 3.63) is 119 Å². The first-order valence-corrected chi connectivity index (χ1v) is 11.9. The number of hydrogen-bond donors (Lipinski definition) is 0. The number of rotatable bonds is 7. The van der Waals surface area contributed by atoms with Crippen LogP contribution in [0.15, 0.2) is 91.0 Å². The second-order valence-corrected chi connectivity index (χ2v) is 9.01. The molecular weight excluding hydrogens is 440 g/mol. The monoisotopic (exact) mass is 466 g/mol. The van der Waals surface area contributed by atoms with E-state index >= 15 is 0 Å². The van der Waals surface area contributed by atoms with Crippen LogP contribution < -0.4 is 4.74 Å². The smallest absolute Gasteiger partial charge is 0.120 e. The molecule has 34 heavy (non-hydrogen) atoms. The van der Waals surface area contributed by atoms with E-state index in [1.54, 1.807) is 0 Å². The normalized spacial score (nSPS) is 11.1. The Kier molecular flexibility index (Phi) is 6.37. The van der Waals surface area contributed by atoms with E-state index in [9.17, 15) is 0 Å². The van der Waals surface area contributed by atoms with Crippen molar-refractivity contribution in [2.24, 2.45) is 0 Å². The Morgan fingerprint density at radius 1 is 0.794 bits per heavy atom. The molecule has 1 heterocycles. The average molecular weight is 467 g/mol. The topological polar surface area (TPSA) is 27.1 Å². The van der Waals surface area contributed by atoms with E-state index < -0.39 is 0 Å². The summed E-state index contributed by atoms with van der Waals surface area (Å²) in [4.78, 5) is 4.94. The van der Waals surface area contributed by atoms with Gasteiger partial charge < -0.3 is 9.30 Å². The Morgan fingerprint density at radius 2 is 1.44 bits per heavy atom. The first-order chi connectivity index (χ1) is 16.6. The molecule has 4 heteroatoms. The van der Waals surface area contributed by atoms with Crippen LogP contribution in [0.2, 0.25) is 5.02 Å². The average Bonchev–Trinajstić information content (AvgIpc) is 3.20. The third-order valence-electron chi connectivity index (χ3n) is 6.15. The molecule has 0 radical (unpaired) electrons. The summed E-state index contributed by atoms with van der Waals surface area (Å²) in [5.74, 6) is 1.89. The van der Waals surface area contributed by atoms with Gasteiger partial charge in [0.15, 0.2) is 0 Å². The highest BCUT2D eigenvalue weighted by molar-refractivity contribution is 6.32. The van der Waals surface area contributed by atoms with Crippen LogP contribution in [0, 0.1) is 13.8 Å². The van der Waals surface area contributed by atoms with Crippen LogP contribution >= 0.6 is 11.6 Å². The summed E-state index contributed by atoms with van der Waals surface area (Å²) in [7, 11) is 0. The summed E-state index contributed by atoms with van der Waals surface area (Å²) in [6.07, 6.45) is 0.767. The number of aryl methyl sites for hydroxylation is 2. The lowest BCUT2D eigenvalue weighted by atomic mass is 10.0. The van der Waals surface area contributed by atoms with E-state index in [2.05, 4.69) is 71.3 Å². The van der Waals surface area contributed by atoms with Crippen molar-refractivity contribution in [1.82, 2.24) is 9.55 Å². The number of imidazole rings is 1. The van der Waals surface area contributed by atoms with Crippen LogP contribution in [0.5, 0.6) is 5.75 Å². The molecule has 5 rings (SSSR count). The Labute approximate surface area is 205 Å². The van der Waals surface area contributed by atoms with Crippen molar-refractivity contribution < 1.29 is 4.74 Å². The highest BCUT2D eigenvalue weighted by atomic mass is 35.5. The van der Waals surface area contributed by atoms with Crippen molar-refractivity contribution >= 4 is 22.6 Å². The zero-order chi connectivity index (χ0) is 23.5. The number of halogens is 1. The van der Waals surface area contributed by atoms with Gasteiger partial charge in [0.2, 0.25) is 0 Å². The van der Waals surface area contributed by atoms with Gasteiger partial charge in [0, 0.05) is 11.4 Å². The quantitative estimate of drug-likeness (QED) is 0.246. The summed E-state index contributed by atoms with van der Waals surface area (Å²) in [6.45, 7) is 5.29. The maximum absolute atomic E-state index is 6.30. The van der Waals surface area contributed by atoms with E-state index in [0.717, 1.165) is 51.7 Å². The maximum Gasteiger partial charge on any atom is 0.120 e. The zero-order valence-electron chi connectivity index (χ0n) is 19.5. The van der Waals surface area contributed by atoms with Gasteiger partial charge in [0.25, 0.3) is 0 Å². The molecule has 4 aromatic carbocycles. The highest BCUT2D eigenvalue weighted by Gasteiger charge is 2.12. The standard InChI is InChI=1S/C30H27ClN2O/c1-21-18-26(19-22(2)30(21)31)34-17-16-33-28-11-7-6-10-27(28)32-29(33)20-23-12-14-25(15-13-23)24-8-4-3-5-9-24/h3-15,18-19H,16-17,20H2,1-2H3. The van der Waals surface area contributed by atoms with Gasteiger partial charge in [-0.05, 0) is 65.9 Å². The summed E-state index contributed by atoms with van der Waals surface area (Å²) < 4.78 is 8.38. The van der Waals surface area contributed by atoms with Crippen LogP contribution in [0.25, 0.3) is 22.2 Å². The number of nitrogens with zero attached hydrogens (tertiary/aromatic N) is 2. The van der Waals surface area contributed by atoms with Gasteiger partial charge in [-0.25, -0.2) is 4.98 Å². The molecule has 0 saturated heterocycles. The molecule has 0 bridgehead atoms. The maximum atomic E-state index is 6.30. The lowest BCUT2D eigenvalue weighted by Crippen LogP contribution is -2.12. The van der Waals surface area contributed by atoms with Gasteiger partial charge in [0.1, 0.15) is 18.2 Å². The second kappa shape index (κ2) is 9.74. The van der Waals surface area contributed by atoms with Crippen LogP contribution in [0.1, 0.15) is 22.5 Å². The predicted molar refractivity (Wildman–Crippen MR) is 141 cm³/mol. The molecule has 0 amide bonds. The lowest BCUT2D eigenvalue weighted by Gasteiger charge is -2.13. The molecule has 170 valence electrons. The van der Waals surface area contributed by atoms with E-state index in [1.807, 2.05) is 38.1 Å². The molecule has 5 aromatic rings. The SMILES string of the molecule is Cc1cc(OCCn2c(Cc3ccc(-c4ccccc4)cc3)nc3ccccc32)cc(C)c1Cl. The molecule has 0 N–H and O–H groups in total. The molecule has 0 atom stereocenters. The fraction of sp³-hybridized carbons (Fsp3) is 0.167. The van der Waals surface area contributed by atoms with E-state index in [0.29, 0.717) is 6.61 Å². The fourth-order valence-corrected chi connectivity index (χ4v) is 4.49. The second-order valence-electron chi connectivity index (χ2n) is 8.63. The van der Waals surface area contributed by atoms with Gasteiger partial charge in [-0.2, -0.15) is 0 Å². The molecule has 0 saturated carbocycles. The van der Waals surface area contributed by atoms with Crippen molar-refractivity contribution in [1.29, 1.82) is 0 Å². The van der Waals surface area contributed by atoms with Gasteiger partial charge in [-0.1, -0.05) is 78.3 Å². The Morgan fingerprint density at radius 3 is 2.18 bits per heavy atom. The summed E-state index contributed by atoms with van der Waals surface area (Å²) in [5, 5.41) is 0.800. The third-order valence-corrected chi connectivity index (χ3v) is 6.75. The number of benzene rings is 4. The van der Waals surface area contributed by atoms with E-state index in [1.165, 1.54) is 16.7 Å². The molecule has 1 aromatic heterocycles. The van der Waals surface area contributed by atoms with Crippen LogP contribution in [-0.2, 0) is 13.0 Å². The zero-order valence-corrected chi connectivity index (χ0v) is 20.2. The van der Waals surface area contributed by atoms with Crippen LogP contribution in [0.4, 0.5) is 0 Å². The number of para-hydroxylation sites is 2. The Bertz CT molecular complexity index is 1400. The van der Waals surface area contributed by atoms with Crippen molar-refractivity contribution in [3.63, 3.8) is 0 Å². The van der Waals surface area contributed by atoms with Gasteiger partial charge in [-0.15, -0.1) is 0 Å². The van der Waals surface area contributed by atoms with Gasteiger partial charge in [0.05, 0.1) is 17.6 Å². The summed E-state index contributed by atoms with van der Waals surface area (Å²) >= 11 is 6.30. The van der Waals surface area contributed by atoms with Crippen molar-refractivity contribution in [2.75, 3.05) is 6.61 Å². The van der Waals surface area contributed by atoms with Crippen molar-refractivity contribution in [3.8, 4) is 16.9 Å². The molecule has 3 nitrogen and oxygen atoms in total. The van der Waals surface area contributed by atoms with Gasteiger partial charge >= 0.3 is 0 Å². The predicted octanol–water partition coefficient (Wildman–Crippen LogP) is 7.64. The molecule has 0 aliphatic rings. The minimum atomic E-state index is 0.556. The number of ether oxygens (including phenoxy) is 1. The fourth-order valence-electron chi connectivity index (χ4n) is 4.38. The van der Waals surface area contributed by atoms with Crippen molar-refractivity contribution in [2.45, 2.75) is 26.8 Å². The van der Waals surface area contributed by atoms with Crippen LogP contribution in [0.3, 0.4) is 0 Å². The highest BCUT2D eigenvalue weighted by Crippen LogP contribution is 2.26. The Hall–Kier alpha value is -3.56. The molecule has 0 spiro atoms. The summed E-state index contributed by atoms with van der Waals surface area (Å²) in [5.41, 5.74) is 7.89. The minimum absolute atomic E-state index is 0.556. The van der Waals surface area contributed by atoms with E-state index in [4.69, 9.17) is 21.3 Å². The molecule has 0 fully saturated rings. The molecule has 0 unspecified atom stereocenters. The largest absolute Gasteiger partial charge is 0.492 e. The third kappa shape index (κ3) is 4.71. The number of aromatic nitrogens is 2. The number of hydrogen-bond acceptors (Lipinski definition) is 2.